The van der Waals surface area contributed by atoms with E-state index in [1.54, 1.807) is 6.92 Å². The Kier molecular flexibility index (Phi) is 3.74. The van der Waals surface area contributed by atoms with Gasteiger partial charge in [-0.05, 0) is 18.5 Å². The van der Waals surface area contributed by atoms with Gasteiger partial charge in [-0.2, -0.15) is 15.0 Å². The molecule has 5 nitrogen and oxygen atoms in total. The van der Waals surface area contributed by atoms with Crippen molar-refractivity contribution in [3.63, 3.8) is 0 Å². The molecule has 0 saturated heterocycles. The molecule has 0 atom stereocenters. The van der Waals surface area contributed by atoms with Gasteiger partial charge in [-0.1, -0.05) is 0 Å². The zero-order valence-corrected chi connectivity index (χ0v) is 9.26. The predicted octanol–water partition coefficient (Wildman–Crippen LogP) is 1.91. The third-order valence-electron chi connectivity index (χ3n) is 1.61. The first kappa shape index (κ1) is 12.8. The van der Waals surface area contributed by atoms with Crippen LogP contribution in [-0.2, 0) is 0 Å². The third-order valence-corrected chi connectivity index (χ3v) is 1.78. The molecule has 9 heteroatoms. The van der Waals surface area contributed by atoms with E-state index in [2.05, 4.69) is 20.3 Å². The Labute approximate surface area is 94.7 Å². The maximum atomic E-state index is 12.3. The summed E-state index contributed by atoms with van der Waals surface area (Å²) in [7, 11) is 0.807. The molecule has 16 heavy (non-hydrogen) atoms. The average Bonchev–Trinajstić information content (AvgIpc) is 2.14. The van der Waals surface area contributed by atoms with Crippen molar-refractivity contribution in [2.45, 2.75) is 13.2 Å². The smallest absolute Gasteiger partial charge is 0.354 e. The Balaban J connectivity index is 3.04. The van der Waals surface area contributed by atoms with E-state index in [0.717, 1.165) is 7.05 Å². The molecular weight excluding hydrogens is 247 g/mol. The third kappa shape index (κ3) is 3.09. The van der Waals surface area contributed by atoms with Gasteiger partial charge >= 0.3 is 6.30 Å². The minimum Gasteiger partial charge on any atom is -0.354 e. The zero-order chi connectivity index (χ0) is 12.3. The van der Waals surface area contributed by atoms with E-state index < -0.39 is 12.2 Å². The molecule has 0 aliphatic heterocycles. The number of hydrogen-bond acceptors (Lipinski definition) is 5. The lowest BCUT2D eigenvalue weighted by atomic mass is 10.7. The SMILES string of the molecule is CCNc1nc(Cl)nc(N(C)C(F)(F)F)n1. The van der Waals surface area contributed by atoms with Crippen molar-refractivity contribution in [3.05, 3.63) is 5.28 Å². The molecule has 1 N–H and O–H groups in total. The lowest BCUT2D eigenvalue weighted by Crippen LogP contribution is -2.35. The molecule has 0 saturated carbocycles. The number of nitrogens with zero attached hydrogens (tertiary/aromatic N) is 4. The van der Waals surface area contributed by atoms with Crippen LogP contribution in [0.2, 0.25) is 5.28 Å². The van der Waals surface area contributed by atoms with Crippen LogP contribution in [0.1, 0.15) is 6.92 Å². The van der Waals surface area contributed by atoms with Gasteiger partial charge in [-0.15, -0.1) is 13.2 Å². The summed E-state index contributed by atoms with van der Waals surface area (Å²) in [5.41, 5.74) is 0. The molecule has 0 aromatic carbocycles. The summed E-state index contributed by atoms with van der Waals surface area (Å²) in [5.74, 6) is -0.544. The van der Waals surface area contributed by atoms with Crippen molar-refractivity contribution in [2.24, 2.45) is 0 Å². The Hall–Kier alpha value is -1.31. The van der Waals surface area contributed by atoms with Crippen LogP contribution < -0.4 is 10.2 Å². The summed E-state index contributed by atoms with van der Waals surface area (Å²) in [4.78, 5) is 10.6. The molecule has 0 unspecified atom stereocenters. The van der Waals surface area contributed by atoms with Crippen LogP contribution in [0.15, 0.2) is 0 Å². The largest absolute Gasteiger partial charge is 0.487 e. The molecule has 1 aromatic rings. The van der Waals surface area contributed by atoms with Crippen LogP contribution in [0.5, 0.6) is 0 Å². The molecule has 1 rings (SSSR count). The normalized spacial score (nSPS) is 11.4. The molecule has 90 valence electrons. The minimum atomic E-state index is -4.56. The van der Waals surface area contributed by atoms with E-state index in [1.807, 2.05) is 0 Å². The lowest BCUT2D eigenvalue weighted by molar-refractivity contribution is -0.126. The molecule has 0 amide bonds. The van der Waals surface area contributed by atoms with Gasteiger partial charge in [0.1, 0.15) is 0 Å². The number of halogens is 4. The van der Waals surface area contributed by atoms with Gasteiger partial charge in [-0.3, -0.25) is 4.90 Å². The predicted molar refractivity (Wildman–Crippen MR) is 53.5 cm³/mol. The summed E-state index contributed by atoms with van der Waals surface area (Å²) in [6.07, 6.45) is -4.56. The van der Waals surface area contributed by atoms with Crippen LogP contribution >= 0.6 is 11.6 Å². The maximum absolute atomic E-state index is 12.3. The van der Waals surface area contributed by atoms with Crippen LogP contribution in [0, 0.1) is 0 Å². The van der Waals surface area contributed by atoms with E-state index >= 15 is 0 Å². The summed E-state index contributed by atoms with van der Waals surface area (Å²) in [6.45, 7) is 2.22. The topological polar surface area (TPSA) is 53.9 Å². The fourth-order valence-electron chi connectivity index (χ4n) is 0.840. The van der Waals surface area contributed by atoms with Gasteiger partial charge < -0.3 is 5.32 Å². The Morgan fingerprint density at radius 2 is 1.94 bits per heavy atom. The van der Waals surface area contributed by atoms with Gasteiger partial charge in [-0.25, -0.2) is 0 Å². The molecule has 0 spiro atoms. The van der Waals surface area contributed by atoms with Crippen molar-refractivity contribution in [1.82, 2.24) is 15.0 Å². The first-order chi connectivity index (χ1) is 7.34. The molecule has 1 heterocycles. The van der Waals surface area contributed by atoms with E-state index in [9.17, 15) is 13.2 Å². The second-order valence-electron chi connectivity index (χ2n) is 2.79. The van der Waals surface area contributed by atoms with Crippen LogP contribution in [0.4, 0.5) is 25.1 Å². The highest BCUT2D eigenvalue weighted by atomic mass is 35.5. The van der Waals surface area contributed by atoms with Crippen LogP contribution in [0.25, 0.3) is 0 Å². The maximum Gasteiger partial charge on any atom is 0.487 e. The van der Waals surface area contributed by atoms with Crippen LogP contribution in [-0.4, -0.2) is 34.8 Å². The second-order valence-corrected chi connectivity index (χ2v) is 3.12. The van der Waals surface area contributed by atoms with Gasteiger partial charge in [0.25, 0.3) is 0 Å². The summed E-state index contributed by atoms with van der Waals surface area (Å²) in [6, 6.07) is 0. The molecule has 0 fully saturated rings. The Morgan fingerprint density at radius 3 is 2.44 bits per heavy atom. The number of alkyl halides is 3. The molecular formula is C7H9ClF3N5. The number of hydrogen-bond donors (Lipinski definition) is 1. The monoisotopic (exact) mass is 255 g/mol. The van der Waals surface area contributed by atoms with Crippen LogP contribution in [0.3, 0.4) is 0 Å². The fourth-order valence-corrected chi connectivity index (χ4v) is 0.996. The quantitative estimate of drug-likeness (QED) is 0.836. The lowest BCUT2D eigenvalue weighted by Gasteiger charge is -2.19. The van der Waals surface area contributed by atoms with E-state index in [0.29, 0.717) is 6.54 Å². The van der Waals surface area contributed by atoms with Crippen molar-refractivity contribution in [2.75, 3.05) is 23.8 Å². The van der Waals surface area contributed by atoms with Gasteiger partial charge in [0, 0.05) is 13.6 Å². The number of rotatable bonds is 3. The first-order valence-electron chi connectivity index (χ1n) is 4.30. The van der Waals surface area contributed by atoms with Crippen molar-refractivity contribution in [1.29, 1.82) is 0 Å². The molecule has 1 aromatic heterocycles. The Bertz CT molecular complexity index is 370. The van der Waals surface area contributed by atoms with Crippen molar-refractivity contribution in [3.8, 4) is 0 Å². The number of aromatic nitrogens is 3. The van der Waals surface area contributed by atoms with Crippen molar-refractivity contribution < 1.29 is 13.2 Å². The molecule has 0 bridgehead atoms. The van der Waals surface area contributed by atoms with Gasteiger partial charge in [0.05, 0.1) is 0 Å². The fraction of sp³-hybridized carbons (Fsp3) is 0.571. The highest BCUT2D eigenvalue weighted by molar-refractivity contribution is 6.28. The van der Waals surface area contributed by atoms with Gasteiger partial charge in [0.15, 0.2) is 0 Å². The number of nitrogens with one attached hydrogen (secondary N) is 1. The minimum absolute atomic E-state index is 0.00796. The zero-order valence-electron chi connectivity index (χ0n) is 8.51. The van der Waals surface area contributed by atoms with E-state index in [4.69, 9.17) is 11.6 Å². The summed E-state index contributed by atoms with van der Waals surface area (Å²) < 4.78 is 37.0. The molecule has 0 radical (unpaired) electrons. The molecule has 0 aliphatic rings. The van der Waals surface area contributed by atoms with E-state index in [1.165, 1.54) is 0 Å². The molecule has 0 aliphatic carbocycles. The highest BCUT2D eigenvalue weighted by Crippen LogP contribution is 2.24. The number of anilines is 2. The Morgan fingerprint density at radius 1 is 1.31 bits per heavy atom. The van der Waals surface area contributed by atoms with Gasteiger partial charge in [0.2, 0.25) is 17.2 Å². The average molecular weight is 256 g/mol. The first-order valence-corrected chi connectivity index (χ1v) is 4.68. The van der Waals surface area contributed by atoms with E-state index in [-0.39, 0.29) is 16.1 Å². The summed E-state index contributed by atoms with van der Waals surface area (Å²) in [5, 5.41) is 2.36. The standard InChI is InChI=1S/C7H9ClF3N5/c1-3-12-5-13-4(8)14-6(15-5)16(2)7(9,10)11/h3H2,1-2H3,(H,12,13,14,15). The van der Waals surface area contributed by atoms with Crippen molar-refractivity contribution >= 4 is 23.5 Å². The summed E-state index contributed by atoms with van der Waals surface area (Å²) >= 11 is 5.48. The highest BCUT2D eigenvalue weighted by Gasteiger charge is 2.36. The second kappa shape index (κ2) is 4.69.